The van der Waals surface area contributed by atoms with Gasteiger partial charge >= 0.3 is 0 Å². The van der Waals surface area contributed by atoms with E-state index in [0.29, 0.717) is 0 Å². The van der Waals surface area contributed by atoms with E-state index in [1.807, 2.05) is 0 Å². The van der Waals surface area contributed by atoms with Crippen molar-refractivity contribution in [1.82, 2.24) is 0 Å². The van der Waals surface area contributed by atoms with Gasteiger partial charge in [-0.1, -0.05) is 196 Å². The van der Waals surface area contributed by atoms with Crippen molar-refractivity contribution in [3.05, 3.63) is 254 Å². The number of fused-ring (bicyclic) bond motifs is 10. The second-order valence-electron chi connectivity index (χ2n) is 17.7. The Bertz CT molecular complexity index is 3560. The molecule has 11 aromatic carbocycles. The summed E-state index contributed by atoms with van der Waals surface area (Å²) in [4.78, 5) is 4.83. The molecule has 1 aliphatic rings. The lowest BCUT2D eigenvalue weighted by atomic mass is 9.77. The first kappa shape index (κ1) is 38.5. The largest absolute Gasteiger partial charge is 0.310 e. The van der Waals surface area contributed by atoms with E-state index in [9.17, 15) is 0 Å². The highest BCUT2D eigenvalue weighted by Gasteiger charge is 2.40. The van der Waals surface area contributed by atoms with Crippen LogP contribution in [0, 0.1) is 0 Å². The molecular weight excluding hydrogens is 785 g/mol. The van der Waals surface area contributed by atoms with Gasteiger partial charge in [-0.15, -0.1) is 0 Å². The van der Waals surface area contributed by atoms with Crippen molar-refractivity contribution in [3.8, 4) is 33.4 Å². The van der Waals surface area contributed by atoms with Crippen LogP contribution >= 0.6 is 0 Å². The molecule has 0 bridgehead atoms. The first-order valence-electron chi connectivity index (χ1n) is 22.6. The molecule has 0 atom stereocenters. The van der Waals surface area contributed by atoms with Gasteiger partial charge in [0.15, 0.2) is 0 Å². The molecule has 65 heavy (non-hydrogen) atoms. The Kier molecular flexibility index (Phi) is 9.21. The number of hydrogen-bond donors (Lipinski definition) is 0. The highest BCUT2D eigenvalue weighted by Crippen LogP contribution is 2.57. The normalized spacial score (nSPS) is 12.6. The van der Waals surface area contributed by atoms with Crippen LogP contribution in [0.25, 0.3) is 65.7 Å². The third-order valence-corrected chi connectivity index (χ3v) is 13.5. The fourth-order valence-corrected chi connectivity index (χ4v) is 10.8. The molecule has 0 saturated heterocycles. The highest BCUT2D eigenvalue weighted by molar-refractivity contribution is 6.20. The van der Waals surface area contributed by atoms with Gasteiger partial charge in [0.25, 0.3) is 0 Å². The van der Waals surface area contributed by atoms with Crippen molar-refractivity contribution in [3.63, 3.8) is 0 Å². The van der Waals surface area contributed by atoms with E-state index >= 15 is 0 Å². The molecule has 2 nitrogen and oxygen atoms in total. The van der Waals surface area contributed by atoms with Crippen LogP contribution < -0.4 is 9.80 Å². The van der Waals surface area contributed by atoms with E-state index in [0.717, 1.165) is 34.1 Å². The molecule has 0 unspecified atom stereocenters. The third-order valence-electron chi connectivity index (χ3n) is 13.5. The lowest BCUT2D eigenvalue weighted by molar-refractivity contribution is 0.672. The molecule has 0 saturated carbocycles. The number of anilines is 6. The molecule has 2 heteroatoms. The molecule has 0 heterocycles. The van der Waals surface area contributed by atoms with Crippen molar-refractivity contribution >= 4 is 66.4 Å². The maximum Gasteiger partial charge on any atom is 0.0540 e. The maximum absolute atomic E-state index is 2.44. The Morgan fingerprint density at radius 3 is 1.32 bits per heavy atom. The molecule has 0 N–H and O–H groups in total. The van der Waals surface area contributed by atoms with Crippen molar-refractivity contribution in [2.75, 3.05) is 9.80 Å². The van der Waals surface area contributed by atoms with Crippen LogP contribution in [0.5, 0.6) is 0 Å². The summed E-state index contributed by atoms with van der Waals surface area (Å²) >= 11 is 0. The van der Waals surface area contributed by atoms with Gasteiger partial charge in [-0.05, 0) is 126 Å². The lowest BCUT2D eigenvalue weighted by Gasteiger charge is -2.30. The Morgan fingerprint density at radius 1 is 0.292 bits per heavy atom. The standard InChI is InChI=1S/C63H46N2/c1-63(2)61-52-39-36-48(64(46-25-11-5-12-26-46)58-33-19-17-29-50(58)43-21-7-3-8-22-43)41-45(52)35-38-56(61)60-54-32-16-15-31-53(54)57-42-49(37-40-55(57)62(60)63)65(47-27-13-6-14-28-47)59-34-20-18-30-51(59)44-23-9-4-10-24-44/h3-42H,1-2H3. The summed E-state index contributed by atoms with van der Waals surface area (Å²) in [6.45, 7) is 4.87. The average molecular weight is 831 g/mol. The molecule has 0 aromatic heterocycles. The first-order valence-corrected chi connectivity index (χ1v) is 22.6. The van der Waals surface area contributed by atoms with E-state index in [2.05, 4.69) is 266 Å². The van der Waals surface area contributed by atoms with E-state index in [4.69, 9.17) is 0 Å². The zero-order valence-electron chi connectivity index (χ0n) is 36.5. The van der Waals surface area contributed by atoms with Gasteiger partial charge in [0.2, 0.25) is 0 Å². The number of para-hydroxylation sites is 4. The van der Waals surface area contributed by atoms with E-state index in [1.54, 1.807) is 0 Å². The van der Waals surface area contributed by atoms with Crippen LogP contribution in [-0.2, 0) is 5.41 Å². The van der Waals surface area contributed by atoms with Gasteiger partial charge in [-0.3, -0.25) is 0 Å². The Hall–Kier alpha value is -8.20. The molecule has 0 radical (unpaired) electrons. The number of rotatable bonds is 8. The van der Waals surface area contributed by atoms with Crippen LogP contribution in [0.2, 0.25) is 0 Å². The molecule has 308 valence electrons. The van der Waals surface area contributed by atoms with Crippen LogP contribution in [0.3, 0.4) is 0 Å². The third kappa shape index (κ3) is 6.32. The molecule has 1 aliphatic carbocycles. The summed E-state index contributed by atoms with van der Waals surface area (Å²) in [5.74, 6) is 0. The van der Waals surface area contributed by atoms with Crippen molar-refractivity contribution in [1.29, 1.82) is 0 Å². The minimum atomic E-state index is -0.284. The number of hydrogen-bond acceptors (Lipinski definition) is 2. The van der Waals surface area contributed by atoms with E-state index < -0.39 is 0 Å². The summed E-state index contributed by atoms with van der Waals surface area (Å²) < 4.78 is 0. The van der Waals surface area contributed by atoms with Gasteiger partial charge in [0.1, 0.15) is 0 Å². The van der Waals surface area contributed by atoms with Crippen molar-refractivity contribution in [2.45, 2.75) is 19.3 Å². The quantitative estimate of drug-likeness (QED) is 0.141. The van der Waals surface area contributed by atoms with Crippen molar-refractivity contribution in [2.24, 2.45) is 0 Å². The molecular formula is C63H46N2. The Labute approximate surface area is 380 Å². The minimum absolute atomic E-state index is 0.284. The lowest BCUT2D eigenvalue weighted by Crippen LogP contribution is -2.17. The second kappa shape index (κ2) is 15.6. The zero-order valence-corrected chi connectivity index (χ0v) is 36.5. The number of nitrogens with zero attached hydrogens (tertiary/aromatic N) is 2. The molecule has 0 spiro atoms. The highest BCUT2D eigenvalue weighted by atomic mass is 15.1. The van der Waals surface area contributed by atoms with Crippen LogP contribution in [0.1, 0.15) is 25.0 Å². The molecule has 11 aromatic rings. The van der Waals surface area contributed by atoms with Gasteiger partial charge in [-0.25, -0.2) is 0 Å². The second-order valence-corrected chi connectivity index (χ2v) is 17.7. The topological polar surface area (TPSA) is 6.48 Å². The predicted molar refractivity (Wildman–Crippen MR) is 277 cm³/mol. The summed E-state index contributed by atoms with van der Waals surface area (Å²) in [6, 6.07) is 88.5. The number of benzene rings is 11. The monoisotopic (exact) mass is 830 g/mol. The molecule has 0 amide bonds. The van der Waals surface area contributed by atoms with Gasteiger partial charge < -0.3 is 9.80 Å². The Balaban J connectivity index is 1.03. The zero-order chi connectivity index (χ0) is 43.5. The fraction of sp³-hybridized carbons (Fsp3) is 0.0476. The Morgan fingerprint density at radius 2 is 0.754 bits per heavy atom. The SMILES string of the molecule is CC1(C)c2c(ccc3cc(N(c4ccccc4)c4ccccc4-c4ccccc4)ccc23)-c2c1c1ccc(N(c3ccccc3)c3ccccc3-c3ccccc3)cc1c1ccccc21. The van der Waals surface area contributed by atoms with Crippen LogP contribution in [-0.4, -0.2) is 0 Å². The fourth-order valence-electron chi connectivity index (χ4n) is 10.8. The molecule has 0 aliphatic heterocycles. The van der Waals surface area contributed by atoms with E-state index in [-0.39, 0.29) is 5.41 Å². The maximum atomic E-state index is 2.44. The predicted octanol–water partition coefficient (Wildman–Crippen LogP) is 17.7. The van der Waals surface area contributed by atoms with Gasteiger partial charge in [0, 0.05) is 39.3 Å². The molecule has 12 rings (SSSR count). The van der Waals surface area contributed by atoms with Crippen LogP contribution in [0.4, 0.5) is 34.1 Å². The van der Waals surface area contributed by atoms with Crippen molar-refractivity contribution < 1.29 is 0 Å². The average Bonchev–Trinajstić information content (AvgIpc) is 3.62. The van der Waals surface area contributed by atoms with Gasteiger partial charge in [-0.2, -0.15) is 0 Å². The summed E-state index contributed by atoms with van der Waals surface area (Å²) in [6.07, 6.45) is 0. The smallest absolute Gasteiger partial charge is 0.0540 e. The van der Waals surface area contributed by atoms with Gasteiger partial charge in [0.05, 0.1) is 11.4 Å². The minimum Gasteiger partial charge on any atom is -0.310 e. The first-order chi connectivity index (χ1) is 32.0. The summed E-state index contributed by atoms with van der Waals surface area (Å²) in [7, 11) is 0. The summed E-state index contributed by atoms with van der Waals surface area (Å²) in [5, 5.41) is 7.63. The summed E-state index contributed by atoms with van der Waals surface area (Å²) in [5.41, 5.74) is 16.7. The van der Waals surface area contributed by atoms with Crippen LogP contribution in [0.15, 0.2) is 243 Å². The van der Waals surface area contributed by atoms with E-state index in [1.165, 1.54) is 76.8 Å². The molecule has 0 fully saturated rings.